The zero-order chi connectivity index (χ0) is 16.0. The van der Waals surface area contributed by atoms with Gasteiger partial charge < -0.3 is 9.80 Å². The van der Waals surface area contributed by atoms with Crippen molar-refractivity contribution in [2.75, 3.05) is 27.2 Å². The van der Waals surface area contributed by atoms with E-state index in [1.165, 1.54) is 4.90 Å². The number of pyridine rings is 1. The minimum Gasteiger partial charge on any atom is -0.347 e. The van der Waals surface area contributed by atoms with E-state index in [2.05, 4.69) is 18.8 Å². The molecular formula is C15H23N3O2S. The Labute approximate surface area is 130 Å². The number of carbonyl (C=O) groups is 2. The Morgan fingerprint density at radius 1 is 1.33 bits per heavy atom. The maximum Gasteiger partial charge on any atom is 0.257 e. The lowest BCUT2D eigenvalue weighted by molar-refractivity contribution is -0.129. The number of hydrogen-bond acceptors (Lipinski definition) is 4. The molecule has 1 aromatic rings. The Hall–Kier alpha value is -1.56. The van der Waals surface area contributed by atoms with Crippen molar-refractivity contribution in [2.24, 2.45) is 0 Å². The van der Waals surface area contributed by atoms with Crippen LogP contribution < -0.4 is 0 Å². The van der Waals surface area contributed by atoms with Crippen molar-refractivity contribution in [3.05, 3.63) is 23.9 Å². The summed E-state index contributed by atoms with van der Waals surface area (Å²) in [5.74, 6) is -0.240. The standard InChI is InChI=1S/C15H23N3O2S/c1-6-18(10-13(19)17(4)5)15(20)12-8-7-9-16-14(12)21-11(2)3/h7-9,11H,6,10H2,1-5H3. The van der Waals surface area contributed by atoms with Gasteiger partial charge in [-0.05, 0) is 19.1 Å². The van der Waals surface area contributed by atoms with Crippen LogP contribution in [0.5, 0.6) is 0 Å². The third-order valence-corrected chi connectivity index (χ3v) is 3.86. The van der Waals surface area contributed by atoms with Gasteiger partial charge in [-0.3, -0.25) is 9.59 Å². The molecule has 0 N–H and O–H groups in total. The molecular weight excluding hydrogens is 286 g/mol. The summed E-state index contributed by atoms with van der Waals surface area (Å²) < 4.78 is 0. The monoisotopic (exact) mass is 309 g/mol. The van der Waals surface area contributed by atoms with E-state index in [0.717, 1.165) is 0 Å². The van der Waals surface area contributed by atoms with E-state index in [1.54, 1.807) is 49.1 Å². The fourth-order valence-corrected chi connectivity index (χ4v) is 2.52. The van der Waals surface area contributed by atoms with Crippen LogP contribution in [0.1, 0.15) is 31.1 Å². The summed E-state index contributed by atoms with van der Waals surface area (Å²) in [6.07, 6.45) is 1.68. The van der Waals surface area contributed by atoms with Crippen molar-refractivity contribution >= 4 is 23.6 Å². The second-order valence-corrected chi connectivity index (χ2v) is 6.70. The number of hydrogen-bond donors (Lipinski definition) is 0. The summed E-state index contributed by atoms with van der Waals surface area (Å²) in [6.45, 7) is 6.55. The van der Waals surface area contributed by atoms with Crippen LogP contribution in [-0.2, 0) is 4.79 Å². The van der Waals surface area contributed by atoms with Crippen LogP contribution in [0.3, 0.4) is 0 Å². The molecule has 21 heavy (non-hydrogen) atoms. The van der Waals surface area contributed by atoms with Crippen LogP contribution in [0.2, 0.25) is 0 Å². The smallest absolute Gasteiger partial charge is 0.257 e. The van der Waals surface area contributed by atoms with Gasteiger partial charge in [0.2, 0.25) is 5.91 Å². The van der Waals surface area contributed by atoms with Crippen molar-refractivity contribution in [3.8, 4) is 0 Å². The summed E-state index contributed by atoms with van der Waals surface area (Å²) in [7, 11) is 3.37. The molecule has 1 aromatic heterocycles. The molecule has 0 atom stereocenters. The Kier molecular flexibility index (Phi) is 6.68. The van der Waals surface area contributed by atoms with Crippen LogP contribution in [0, 0.1) is 0 Å². The number of nitrogens with zero attached hydrogens (tertiary/aromatic N) is 3. The molecule has 0 bridgehead atoms. The maximum absolute atomic E-state index is 12.6. The van der Waals surface area contributed by atoms with Gasteiger partial charge in [0, 0.05) is 32.1 Å². The highest BCUT2D eigenvalue weighted by atomic mass is 32.2. The number of likely N-dealkylation sites (N-methyl/N-ethyl adjacent to an activating group) is 2. The Bertz CT molecular complexity index is 503. The second kappa shape index (κ2) is 8.02. The topological polar surface area (TPSA) is 53.5 Å². The summed E-state index contributed by atoms with van der Waals surface area (Å²) >= 11 is 1.55. The molecule has 0 spiro atoms. The lowest BCUT2D eigenvalue weighted by Gasteiger charge is -2.23. The van der Waals surface area contributed by atoms with E-state index >= 15 is 0 Å². The number of rotatable bonds is 6. The average molecular weight is 309 g/mol. The van der Waals surface area contributed by atoms with Gasteiger partial charge in [-0.2, -0.15) is 0 Å². The van der Waals surface area contributed by atoms with Gasteiger partial charge in [-0.25, -0.2) is 4.98 Å². The largest absolute Gasteiger partial charge is 0.347 e. The van der Waals surface area contributed by atoms with Crippen LogP contribution in [-0.4, -0.2) is 59.0 Å². The average Bonchev–Trinajstić information content (AvgIpc) is 2.43. The first-order valence-electron chi connectivity index (χ1n) is 6.97. The normalized spacial score (nSPS) is 10.6. The lowest BCUT2D eigenvalue weighted by atomic mass is 10.2. The quantitative estimate of drug-likeness (QED) is 0.756. The summed E-state index contributed by atoms with van der Waals surface area (Å²) in [4.78, 5) is 31.8. The summed E-state index contributed by atoms with van der Waals surface area (Å²) in [6, 6.07) is 3.52. The first-order valence-corrected chi connectivity index (χ1v) is 7.85. The number of carbonyl (C=O) groups excluding carboxylic acids is 2. The molecule has 0 aliphatic carbocycles. The molecule has 0 saturated carbocycles. The van der Waals surface area contributed by atoms with Gasteiger partial charge in [-0.15, -0.1) is 11.8 Å². The van der Waals surface area contributed by atoms with E-state index < -0.39 is 0 Å². The third-order valence-electron chi connectivity index (χ3n) is 2.84. The predicted octanol–water partition coefficient (Wildman–Crippen LogP) is 2.13. The van der Waals surface area contributed by atoms with E-state index in [4.69, 9.17) is 0 Å². The second-order valence-electron chi connectivity index (χ2n) is 5.13. The lowest BCUT2D eigenvalue weighted by Crippen LogP contribution is -2.40. The van der Waals surface area contributed by atoms with Gasteiger partial charge in [0.15, 0.2) is 0 Å². The van der Waals surface area contributed by atoms with Crippen LogP contribution in [0.4, 0.5) is 0 Å². The molecule has 0 aliphatic heterocycles. The molecule has 0 fully saturated rings. The SMILES string of the molecule is CCN(CC(=O)N(C)C)C(=O)c1cccnc1SC(C)C. The van der Waals surface area contributed by atoms with Crippen molar-refractivity contribution in [2.45, 2.75) is 31.0 Å². The first kappa shape index (κ1) is 17.5. The molecule has 116 valence electrons. The first-order chi connectivity index (χ1) is 9.86. The van der Waals surface area contributed by atoms with Crippen molar-refractivity contribution in [1.82, 2.24) is 14.8 Å². The highest BCUT2D eigenvalue weighted by molar-refractivity contribution is 7.99. The van der Waals surface area contributed by atoms with Crippen molar-refractivity contribution in [3.63, 3.8) is 0 Å². The highest BCUT2D eigenvalue weighted by Gasteiger charge is 2.21. The van der Waals surface area contributed by atoms with Crippen LogP contribution in [0.15, 0.2) is 23.4 Å². The van der Waals surface area contributed by atoms with Crippen molar-refractivity contribution < 1.29 is 9.59 Å². The molecule has 6 heteroatoms. The maximum atomic E-state index is 12.6. The summed E-state index contributed by atoms with van der Waals surface area (Å²) in [5, 5.41) is 1.05. The molecule has 0 unspecified atom stereocenters. The number of thioether (sulfide) groups is 1. The molecule has 0 aromatic carbocycles. The van der Waals surface area contributed by atoms with Crippen LogP contribution >= 0.6 is 11.8 Å². The molecule has 1 rings (SSSR count). The van der Waals surface area contributed by atoms with E-state index in [9.17, 15) is 9.59 Å². The number of aromatic nitrogens is 1. The minimum atomic E-state index is -0.149. The zero-order valence-corrected chi connectivity index (χ0v) is 14.1. The Balaban J connectivity index is 2.97. The highest BCUT2D eigenvalue weighted by Crippen LogP contribution is 2.25. The van der Waals surface area contributed by atoms with E-state index in [1.807, 2.05) is 6.92 Å². The number of amides is 2. The minimum absolute atomic E-state index is 0.0863. The van der Waals surface area contributed by atoms with E-state index in [0.29, 0.717) is 22.4 Å². The predicted molar refractivity (Wildman–Crippen MR) is 85.5 cm³/mol. The van der Waals surface area contributed by atoms with Gasteiger partial charge >= 0.3 is 0 Å². The van der Waals surface area contributed by atoms with E-state index in [-0.39, 0.29) is 18.4 Å². The molecule has 2 amide bonds. The zero-order valence-electron chi connectivity index (χ0n) is 13.3. The summed E-state index contributed by atoms with van der Waals surface area (Å²) in [5.41, 5.74) is 0.560. The third kappa shape index (κ3) is 5.04. The van der Waals surface area contributed by atoms with Crippen LogP contribution in [0.25, 0.3) is 0 Å². The van der Waals surface area contributed by atoms with Gasteiger partial charge in [0.05, 0.1) is 12.1 Å². The van der Waals surface area contributed by atoms with Gasteiger partial charge in [0.1, 0.15) is 5.03 Å². The fraction of sp³-hybridized carbons (Fsp3) is 0.533. The molecule has 0 aliphatic rings. The molecule has 5 nitrogen and oxygen atoms in total. The Morgan fingerprint density at radius 2 is 2.00 bits per heavy atom. The van der Waals surface area contributed by atoms with Gasteiger partial charge in [-0.1, -0.05) is 13.8 Å². The molecule has 0 saturated heterocycles. The Morgan fingerprint density at radius 3 is 2.52 bits per heavy atom. The fourth-order valence-electron chi connectivity index (χ4n) is 1.67. The molecule has 1 heterocycles. The van der Waals surface area contributed by atoms with Crippen molar-refractivity contribution in [1.29, 1.82) is 0 Å². The van der Waals surface area contributed by atoms with Gasteiger partial charge in [0.25, 0.3) is 5.91 Å². The molecule has 0 radical (unpaired) electrons.